The van der Waals surface area contributed by atoms with Crippen molar-refractivity contribution < 1.29 is 0 Å². The summed E-state index contributed by atoms with van der Waals surface area (Å²) in [5, 5.41) is 3.44. The number of rotatable bonds is 7. The molecule has 1 rings (SSSR count). The van der Waals surface area contributed by atoms with Gasteiger partial charge in [-0.15, -0.1) is 0 Å². The van der Waals surface area contributed by atoms with E-state index in [9.17, 15) is 0 Å². The van der Waals surface area contributed by atoms with E-state index in [0.717, 1.165) is 25.3 Å². The van der Waals surface area contributed by atoms with Gasteiger partial charge in [0.1, 0.15) is 0 Å². The van der Waals surface area contributed by atoms with Crippen molar-refractivity contribution in [3.63, 3.8) is 0 Å². The lowest BCUT2D eigenvalue weighted by Crippen LogP contribution is -2.41. The fraction of sp³-hybridized carbons (Fsp3) is 0.688. The molecule has 0 saturated carbocycles. The van der Waals surface area contributed by atoms with Gasteiger partial charge in [-0.05, 0) is 37.6 Å². The van der Waals surface area contributed by atoms with Gasteiger partial charge in [-0.25, -0.2) is 0 Å². The molecule has 0 amide bonds. The van der Waals surface area contributed by atoms with Crippen LogP contribution in [-0.4, -0.2) is 36.1 Å². The van der Waals surface area contributed by atoms with E-state index in [0.29, 0.717) is 11.5 Å². The third kappa shape index (κ3) is 5.70. The molecule has 1 unspecified atom stereocenters. The molecule has 3 heteroatoms. The first-order chi connectivity index (χ1) is 8.97. The fourth-order valence-corrected chi connectivity index (χ4v) is 2.39. The monoisotopic (exact) mass is 263 g/mol. The lowest BCUT2D eigenvalue weighted by molar-refractivity contribution is 0.210. The van der Waals surface area contributed by atoms with Crippen molar-refractivity contribution >= 4 is 0 Å². The molecule has 0 saturated heterocycles. The molecule has 1 N–H and O–H groups in total. The minimum absolute atomic E-state index is 0.305. The summed E-state index contributed by atoms with van der Waals surface area (Å²) in [5.41, 5.74) is 1.46. The molecule has 0 aliphatic rings. The number of hydrogen-bond donors (Lipinski definition) is 1. The van der Waals surface area contributed by atoms with Crippen LogP contribution >= 0.6 is 0 Å². The maximum atomic E-state index is 4.41. The Hall–Kier alpha value is -0.930. The standard InChI is InChI=1S/C16H29N3/c1-6-19(13-14-9-7-8-11-18-14)12-10-15(17-5)16(2,3)4/h7-9,11,15,17H,6,10,12-13H2,1-5H3. The molecule has 1 aromatic rings. The van der Waals surface area contributed by atoms with E-state index in [1.807, 2.05) is 12.3 Å². The molecule has 1 heterocycles. The van der Waals surface area contributed by atoms with E-state index in [1.165, 1.54) is 6.42 Å². The predicted octanol–water partition coefficient (Wildman–Crippen LogP) is 2.93. The molecule has 0 bridgehead atoms. The van der Waals surface area contributed by atoms with E-state index < -0.39 is 0 Å². The van der Waals surface area contributed by atoms with Crippen molar-refractivity contribution in [2.45, 2.75) is 46.7 Å². The highest BCUT2D eigenvalue weighted by atomic mass is 15.1. The van der Waals surface area contributed by atoms with Crippen LogP contribution in [0.5, 0.6) is 0 Å². The molecule has 0 aromatic carbocycles. The van der Waals surface area contributed by atoms with Crippen molar-refractivity contribution in [1.29, 1.82) is 0 Å². The first-order valence-corrected chi connectivity index (χ1v) is 7.27. The largest absolute Gasteiger partial charge is 0.316 e. The molecule has 0 aliphatic heterocycles. The SMILES string of the molecule is CCN(CCC(NC)C(C)(C)C)Cc1ccccn1. The van der Waals surface area contributed by atoms with Gasteiger partial charge in [0.15, 0.2) is 0 Å². The first-order valence-electron chi connectivity index (χ1n) is 7.27. The summed E-state index contributed by atoms with van der Waals surface area (Å²) in [4.78, 5) is 6.86. The van der Waals surface area contributed by atoms with E-state index in [1.54, 1.807) is 0 Å². The molecule has 0 spiro atoms. The van der Waals surface area contributed by atoms with E-state index in [-0.39, 0.29) is 0 Å². The molecule has 0 aliphatic carbocycles. The molecular formula is C16H29N3. The minimum Gasteiger partial charge on any atom is -0.316 e. The van der Waals surface area contributed by atoms with Crippen LogP contribution in [0.1, 0.15) is 39.8 Å². The summed E-state index contributed by atoms with van der Waals surface area (Å²) < 4.78 is 0. The van der Waals surface area contributed by atoms with Crippen molar-refractivity contribution in [3.8, 4) is 0 Å². The highest BCUT2D eigenvalue weighted by Gasteiger charge is 2.23. The van der Waals surface area contributed by atoms with Gasteiger partial charge in [-0.2, -0.15) is 0 Å². The Morgan fingerprint density at radius 2 is 2.05 bits per heavy atom. The van der Waals surface area contributed by atoms with Gasteiger partial charge < -0.3 is 5.32 Å². The van der Waals surface area contributed by atoms with E-state index in [2.05, 4.69) is 62.1 Å². The van der Waals surface area contributed by atoms with Crippen LogP contribution in [0.3, 0.4) is 0 Å². The molecule has 1 atom stereocenters. The van der Waals surface area contributed by atoms with Gasteiger partial charge in [0.25, 0.3) is 0 Å². The zero-order chi connectivity index (χ0) is 14.3. The molecule has 108 valence electrons. The lowest BCUT2D eigenvalue weighted by atomic mass is 9.85. The second kappa shape index (κ2) is 7.61. The second-order valence-electron chi connectivity index (χ2n) is 6.19. The maximum Gasteiger partial charge on any atom is 0.0543 e. The van der Waals surface area contributed by atoms with Gasteiger partial charge in [0.2, 0.25) is 0 Å². The Morgan fingerprint density at radius 1 is 1.32 bits per heavy atom. The average molecular weight is 263 g/mol. The fourth-order valence-electron chi connectivity index (χ4n) is 2.39. The molecule has 19 heavy (non-hydrogen) atoms. The Balaban J connectivity index is 2.49. The topological polar surface area (TPSA) is 28.2 Å². The van der Waals surface area contributed by atoms with Crippen LogP contribution in [0.25, 0.3) is 0 Å². The Kier molecular flexibility index (Phi) is 6.46. The van der Waals surface area contributed by atoms with E-state index >= 15 is 0 Å². The van der Waals surface area contributed by atoms with Crippen LogP contribution in [0.2, 0.25) is 0 Å². The van der Waals surface area contributed by atoms with Crippen molar-refractivity contribution in [2.75, 3.05) is 20.1 Å². The molecular weight excluding hydrogens is 234 g/mol. The average Bonchev–Trinajstić information content (AvgIpc) is 2.37. The third-order valence-corrected chi connectivity index (χ3v) is 3.69. The Labute approximate surface area is 118 Å². The van der Waals surface area contributed by atoms with Crippen molar-refractivity contribution in [1.82, 2.24) is 15.2 Å². The molecule has 1 aromatic heterocycles. The zero-order valence-corrected chi connectivity index (χ0v) is 13.1. The minimum atomic E-state index is 0.305. The predicted molar refractivity (Wildman–Crippen MR) is 82.1 cm³/mol. The van der Waals surface area contributed by atoms with Gasteiger partial charge >= 0.3 is 0 Å². The third-order valence-electron chi connectivity index (χ3n) is 3.69. The van der Waals surface area contributed by atoms with Crippen molar-refractivity contribution in [3.05, 3.63) is 30.1 Å². The maximum absolute atomic E-state index is 4.41. The molecule has 3 nitrogen and oxygen atoms in total. The number of aromatic nitrogens is 1. The summed E-state index contributed by atoms with van der Waals surface area (Å²) in [6.07, 6.45) is 3.04. The summed E-state index contributed by atoms with van der Waals surface area (Å²) in [5.74, 6) is 0. The van der Waals surface area contributed by atoms with Gasteiger partial charge in [0, 0.05) is 25.3 Å². The number of nitrogens with one attached hydrogen (secondary N) is 1. The normalized spacial score (nSPS) is 13.8. The summed E-state index contributed by atoms with van der Waals surface area (Å²) >= 11 is 0. The van der Waals surface area contributed by atoms with Gasteiger partial charge in [0.05, 0.1) is 5.69 Å². The van der Waals surface area contributed by atoms with Crippen LogP contribution in [0, 0.1) is 5.41 Å². The van der Waals surface area contributed by atoms with Crippen LogP contribution in [0.4, 0.5) is 0 Å². The number of pyridine rings is 1. The van der Waals surface area contributed by atoms with Crippen molar-refractivity contribution in [2.24, 2.45) is 5.41 Å². The van der Waals surface area contributed by atoms with Gasteiger partial charge in [-0.3, -0.25) is 9.88 Å². The summed E-state index contributed by atoms with van der Waals surface area (Å²) in [6, 6.07) is 6.67. The van der Waals surface area contributed by atoms with Crippen LogP contribution < -0.4 is 5.32 Å². The van der Waals surface area contributed by atoms with Crippen LogP contribution in [-0.2, 0) is 6.54 Å². The van der Waals surface area contributed by atoms with Crippen LogP contribution in [0.15, 0.2) is 24.4 Å². The quantitative estimate of drug-likeness (QED) is 0.820. The van der Waals surface area contributed by atoms with E-state index in [4.69, 9.17) is 0 Å². The van der Waals surface area contributed by atoms with Gasteiger partial charge in [-0.1, -0.05) is 33.8 Å². The highest BCUT2D eigenvalue weighted by Crippen LogP contribution is 2.21. The molecule has 0 radical (unpaired) electrons. The Bertz CT molecular complexity index is 343. The summed E-state index contributed by atoms with van der Waals surface area (Å²) in [6.45, 7) is 12.2. The lowest BCUT2D eigenvalue weighted by Gasteiger charge is -2.32. The number of nitrogens with zero attached hydrogens (tertiary/aromatic N) is 2. The highest BCUT2D eigenvalue weighted by molar-refractivity contribution is 5.03. The zero-order valence-electron chi connectivity index (χ0n) is 13.1. The smallest absolute Gasteiger partial charge is 0.0543 e. The Morgan fingerprint density at radius 3 is 2.53 bits per heavy atom. The number of hydrogen-bond acceptors (Lipinski definition) is 3. The first kappa shape index (κ1) is 16.1. The second-order valence-corrected chi connectivity index (χ2v) is 6.19. The molecule has 0 fully saturated rings. The summed E-state index contributed by atoms with van der Waals surface area (Å²) in [7, 11) is 2.06.